The number of aromatic nitrogens is 3. The average Bonchev–Trinajstić information content (AvgIpc) is 3.68. The maximum atomic E-state index is 17.1. The normalized spacial score (nSPS) is 20.9. The van der Waals surface area contributed by atoms with E-state index in [9.17, 15) is 9.50 Å². The van der Waals surface area contributed by atoms with Crippen LogP contribution >= 0.6 is 0 Å². The highest BCUT2D eigenvalue weighted by atomic mass is 19.1. The molecule has 2 aromatic heterocycles. The highest BCUT2D eigenvalue weighted by molar-refractivity contribution is 6.01. The number of halogens is 3. The zero-order valence-electron chi connectivity index (χ0n) is 30.7. The third-order valence-corrected chi connectivity index (χ3v) is 9.01. The van der Waals surface area contributed by atoms with Crippen LogP contribution in [-0.2, 0) is 17.7 Å². The zero-order valence-corrected chi connectivity index (χ0v) is 26.7. The Morgan fingerprint density at radius 2 is 1.94 bits per heavy atom. The molecule has 256 valence electrons. The maximum absolute atomic E-state index is 17.1. The van der Waals surface area contributed by atoms with Gasteiger partial charge in [0.15, 0.2) is 12.6 Å². The lowest BCUT2D eigenvalue weighted by molar-refractivity contribution is 0.0512. The van der Waals surface area contributed by atoms with E-state index in [4.69, 9.17) is 24.4 Å². The summed E-state index contributed by atoms with van der Waals surface area (Å²) in [6.45, 7) is -0.314. The Hall–Kier alpha value is -4.52. The van der Waals surface area contributed by atoms with Crippen LogP contribution in [0.15, 0.2) is 60.8 Å². The minimum atomic E-state index is -3.10. The first-order valence-electron chi connectivity index (χ1n) is 17.9. The van der Waals surface area contributed by atoms with Crippen molar-refractivity contribution >= 4 is 21.7 Å². The number of alkyl halides is 1. The molecule has 12 heteroatoms. The molecule has 4 heterocycles. The molecule has 0 amide bonds. The van der Waals surface area contributed by atoms with Gasteiger partial charge >= 0.3 is 6.01 Å². The van der Waals surface area contributed by atoms with Crippen molar-refractivity contribution in [3.63, 3.8) is 0 Å². The summed E-state index contributed by atoms with van der Waals surface area (Å²) in [5, 5.41) is 9.84. The van der Waals surface area contributed by atoms with Crippen molar-refractivity contribution < 1.29 is 42.7 Å². The van der Waals surface area contributed by atoms with Crippen molar-refractivity contribution in [1.29, 1.82) is 0 Å². The molecule has 0 spiro atoms. The number of benzene rings is 3. The number of pyridine rings is 1. The lowest BCUT2D eigenvalue weighted by Crippen LogP contribution is -2.43. The molecule has 3 aromatic carbocycles. The Bertz CT molecular complexity index is 2150. The minimum Gasteiger partial charge on any atom is -0.472 e. The van der Waals surface area contributed by atoms with E-state index in [-0.39, 0.29) is 71.3 Å². The maximum Gasteiger partial charge on any atom is 0.320 e. The van der Waals surface area contributed by atoms with Gasteiger partial charge in [0, 0.05) is 43.9 Å². The van der Waals surface area contributed by atoms with Crippen LogP contribution in [0, 0.1) is 11.6 Å². The second-order valence-electron chi connectivity index (χ2n) is 12.1. The average molecular weight is 679 g/mol. The number of nitrogens with zero attached hydrogens (tertiary/aromatic N) is 4. The molecule has 2 saturated heterocycles. The van der Waals surface area contributed by atoms with Gasteiger partial charge in [-0.3, -0.25) is 9.88 Å². The Morgan fingerprint density at radius 1 is 1.08 bits per heavy atom. The van der Waals surface area contributed by atoms with Gasteiger partial charge in [-0.05, 0) is 72.2 Å². The number of aliphatic hydroxyl groups is 1. The van der Waals surface area contributed by atoms with Gasteiger partial charge in [-0.25, -0.2) is 13.2 Å². The molecule has 2 aliphatic heterocycles. The summed E-state index contributed by atoms with van der Waals surface area (Å²) in [6.07, 6.45) is -3.89. The van der Waals surface area contributed by atoms with E-state index in [1.165, 1.54) is 31.5 Å². The van der Waals surface area contributed by atoms with Crippen molar-refractivity contribution in [3.05, 3.63) is 83.6 Å². The van der Waals surface area contributed by atoms with E-state index < -0.39 is 54.0 Å². The van der Waals surface area contributed by atoms with E-state index >= 15 is 8.78 Å². The highest BCUT2D eigenvalue weighted by Gasteiger charge is 2.49. The third-order valence-electron chi connectivity index (χ3n) is 9.01. The van der Waals surface area contributed by atoms with Crippen molar-refractivity contribution in [2.75, 3.05) is 40.2 Å². The van der Waals surface area contributed by atoms with Gasteiger partial charge in [0.2, 0.25) is 5.88 Å². The second-order valence-corrected chi connectivity index (χ2v) is 12.1. The molecule has 5 aromatic rings. The SMILES string of the molecule is [2H]C([2H])(CO)C([2H])([2H])c1c(F)ccc2cc(OCOC)cc(-c3ncc4c(OCc5ccccc5)nc(OC[C@@]56CCCN5C[C@H](F)C6)nc4c3F)c12. The molecule has 0 saturated carbocycles. The number of methoxy groups -OCH3 is 1. The summed E-state index contributed by atoms with van der Waals surface area (Å²) in [6, 6.07) is 14.1. The first-order chi connectivity index (χ1) is 25.4. The van der Waals surface area contributed by atoms with Gasteiger partial charge in [-0.15, -0.1) is 0 Å². The molecule has 0 unspecified atom stereocenters. The largest absolute Gasteiger partial charge is 0.472 e. The fourth-order valence-corrected chi connectivity index (χ4v) is 6.81. The standard InChI is InChI=1S/C37H37F3N4O5/c1-46-22-49-26-15-24-10-11-30(39)27(9-5-14-45)31(24)28(16-26)33-32(40)34-29(18-41-33)35(47-20-23-7-3-2-4-8-23)43-36(42-34)48-21-37-12-6-13-44(37)19-25(38)17-37/h2-4,7-8,10-11,15-16,18,25,45H,5-6,9,12-14,17,19-22H2,1H3/t25-,37+/m1/s1/i5D2,9D2. The molecular formula is C37H37F3N4O5. The number of hydrogen-bond acceptors (Lipinski definition) is 9. The Morgan fingerprint density at radius 3 is 2.76 bits per heavy atom. The van der Waals surface area contributed by atoms with Crippen molar-refractivity contribution in [2.24, 2.45) is 0 Å². The van der Waals surface area contributed by atoms with Crippen LogP contribution in [0.25, 0.3) is 32.9 Å². The van der Waals surface area contributed by atoms with Crippen LogP contribution < -0.4 is 14.2 Å². The lowest BCUT2D eigenvalue weighted by Gasteiger charge is -2.30. The molecular weight excluding hydrogens is 637 g/mol. The summed E-state index contributed by atoms with van der Waals surface area (Å²) < 4.78 is 104. The highest BCUT2D eigenvalue weighted by Crippen LogP contribution is 2.42. The summed E-state index contributed by atoms with van der Waals surface area (Å²) in [5.74, 6) is -2.04. The topological polar surface area (TPSA) is 99.1 Å². The van der Waals surface area contributed by atoms with Gasteiger partial charge in [0.1, 0.15) is 42.2 Å². The Balaban J connectivity index is 1.41. The molecule has 0 bridgehead atoms. The van der Waals surface area contributed by atoms with Crippen LogP contribution in [0.3, 0.4) is 0 Å². The fraction of sp³-hybridized carbons (Fsp3) is 0.378. The van der Waals surface area contributed by atoms with Gasteiger partial charge in [0.05, 0.1) is 10.9 Å². The summed E-state index contributed by atoms with van der Waals surface area (Å²) in [7, 11) is 1.40. The Labute approximate surface area is 287 Å². The van der Waals surface area contributed by atoms with Crippen LogP contribution in [-0.4, -0.2) is 76.9 Å². The second kappa shape index (κ2) is 14.1. The first-order valence-corrected chi connectivity index (χ1v) is 15.9. The van der Waals surface area contributed by atoms with E-state index in [1.807, 2.05) is 30.3 Å². The van der Waals surface area contributed by atoms with Crippen molar-refractivity contribution in [1.82, 2.24) is 19.9 Å². The summed E-state index contributed by atoms with van der Waals surface area (Å²) in [5.41, 5.74) is -1.31. The van der Waals surface area contributed by atoms with Crippen LogP contribution in [0.1, 0.15) is 42.2 Å². The van der Waals surface area contributed by atoms with E-state index in [0.717, 1.165) is 31.0 Å². The fourth-order valence-electron chi connectivity index (χ4n) is 6.81. The molecule has 9 nitrogen and oxygen atoms in total. The Kier molecular flexibility index (Phi) is 8.18. The number of ether oxygens (including phenoxy) is 4. The number of hydrogen-bond donors (Lipinski definition) is 1. The first kappa shape index (κ1) is 28.3. The number of aryl methyl sites for hydroxylation is 1. The van der Waals surface area contributed by atoms with E-state index in [0.29, 0.717) is 6.54 Å². The molecule has 0 aliphatic carbocycles. The molecule has 0 radical (unpaired) electrons. The van der Waals surface area contributed by atoms with Crippen LogP contribution in [0.4, 0.5) is 13.2 Å². The predicted octanol–water partition coefficient (Wildman–Crippen LogP) is 6.57. The predicted molar refractivity (Wildman–Crippen MR) is 177 cm³/mol. The van der Waals surface area contributed by atoms with E-state index in [1.54, 1.807) is 0 Å². The summed E-state index contributed by atoms with van der Waals surface area (Å²) >= 11 is 0. The lowest BCUT2D eigenvalue weighted by atomic mass is 9.93. The number of aliphatic hydroxyl groups excluding tert-OH is 1. The van der Waals surface area contributed by atoms with E-state index in [2.05, 4.69) is 19.9 Å². The molecule has 2 atom stereocenters. The van der Waals surface area contributed by atoms with Gasteiger partial charge in [0.25, 0.3) is 0 Å². The number of rotatable bonds is 13. The van der Waals surface area contributed by atoms with Crippen molar-refractivity contribution in [2.45, 2.75) is 50.3 Å². The molecule has 1 N–H and O–H groups in total. The van der Waals surface area contributed by atoms with Crippen LogP contribution in [0.5, 0.6) is 17.6 Å². The zero-order chi connectivity index (χ0) is 37.5. The summed E-state index contributed by atoms with van der Waals surface area (Å²) in [4.78, 5) is 15.3. The smallest absolute Gasteiger partial charge is 0.320 e. The third kappa shape index (κ3) is 6.60. The quantitative estimate of drug-likeness (QED) is 0.139. The molecule has 7 rings (SSSR count). The molecule has 2 aliphatic rings. The van der Waals surface area contributed by atoms with Gasteiger partial charge in [-0.1, -0.05) is 36.4 Å². The molecule has 49 heavy (non-hydrogen) atoms. The van der Waals surface area contributed by atoms with Crippen LogP contribution in [0.2, 0.25) is 0 Å². The number of fused-ring (bicyclic) bond motifs is 3. The monoisotopic (exact) mass is 678 g/mol. The molecule has 2 fully saturated rings. The van der Waals surface area contributed by atoms with Gasteiger partial charge in [-0.2, -0.15) is 9.97 Å². The van der Waals surface area contributed by atoms with Gasteiger partial charge < -0.3 is 24.1 Å². The van der Waals surface area contributed by atoms with Crippen molar-refractivity contribution in [3.8, 4) is 28.9 Å². The minimum absolute atomic E-state index is 0.0383.